The molecule has 1 rings (SSSR count). The summed E-state index contributed by atoms with van der Waals surface area (Å²) in [6.45, 7) is 5.35. The van der Waals surface area contributed by atoms with E-state index in [2.05, 4.69) is 17.2 Å². The third-order valence-corrected chi connectivity index (χ3v) is 2.21. The van der Waals surface area contributed by atoms with E-state index in [1.54, 1.807) is 7.11 Å². The highest BCUT2D eigenvalue weighted by atomic mass is 16.5. The molecule has 0 amide bonds. The summed E-state index contributed by atoms with van der Waals surface area (Å²) in [4.78, 5) is 0. The molecule has 0 aliphatic rings. The Bertz CT molecular complexity index is 284. The van der Waals surface area contributed by atoms with E-state index >= 15 is 0 Å². The zero-order valence-electron chi connectivity index (χ0n) is 9.03. The molecule has 1 unspecified atom stereocenters. The van der Waals surface area contributed by atoms with Gasteiger partial charge in [-0.05, 0) is 13.3 Å². The van der Waals surface area contributed by atoms with Crippen LogP contribution in [-0.2, 0) is 17.8 Å². The van der Waals surface area contributed by atoms with Crippen molar-refractivity contribution in [2.45, 2.75) is 39.5 Å². The molecule has 0 aliphatic carbocycles. The van der Waals surface area contributed by atoms with E-state index in [0.717, 1.165) is 24.4 Å². The van der Waals surface area contributed by atoms with Crippen LogP contribution in [0.3, 0.4) is 0 Å². The van der Waals surface area contributed by atoms with Gasteiger partial charge >= 0.3 is 0 Å². The zero-order valence-corrected chi connectivity index (χ0v) is 9.03. The lowest BCUT2D eigenvalue weighted by Crippen LogP contribution is -2.11. The van der Waals surface area contributed by atoms with Gasteiger partial charge in [-0.1, -0.05) is 12.1 Å². The molecule has 1 atom stereocenters. The van der Waals surface area contributed by atoms with Crippen LogP contribution in [0.4, 0.5) is 0 Å². The monoisotopic (exact) mass is 198 g/mol. The van der Waals surface area contributed by atoms with E-state index in [0.29, 0.717) is 6.54 Å². The molecule has 0 bridgehead atoms. The second-order valence-electron chi connectivity index (χ2n) is 3.23. The smallest absolute Gasteiger partial charge is 0.102 e. The van der Waals surface area contributed by atoms with Crippen LogP contribution in [0.1, 0.15) is 37.8 Å². The Morgan fingerprint density at radius 2 is 2.29 bits per heavy atom. The van der Waals surface area contributed by atoms with Gasteiger partial charge in [0.1, 0.15) is 5.69 Å². The van der Waals surface area contributed by atoms with Crippen molar-refractivity contribution in [2.24, 2.45) is 5.73 Å². The molecule has 0 aliphatic heterocycles. The van der Waals surface area contributed by atoms with Gasteiger partial charge < -0.3 is 10.5 Å². The molecule has 1 aromatic heterocycles. The van der Waals surface area contributed by atoms with Gasteiger partial charge in [0.2, 0.25) is 0 Å². The summed E-state index contributed by atoms with van der Waals surface area (Å²) in [5.74, 6) is 0. The summed E-state index contributed by atoms with van der Waals surface area (Å²) in [6.07, 6.45) is 1.02. The van der Waals surface area contributed by atoms with E-state index in [1.165, 1.54) is 0 Å². The lowest BCUT2D eigenvalue weighted by atomic mass is 10.2. The van der Waals surface area contributed by atoms with Crippen molar-refractivity contribution >= 4 is 0 Å². The van der Waals surface area contributed by atoms with E-state index in [1.807, 2.05) is 11.6 Å². The lowest BCUT2D eigenvalue weighted by Gasteiger charge is -2.12. The second-order valence-corrected chi connectivity index (χ2v) is 3.23. The van der Waals surface area contributed by atoms with Gasteiger partial charge in [-0.25, -0.2) is 4.68 Å². The number of methoxy groups -OCH3 is 1. The van der Waals surface area contributed by atoms with Gasteiger partial charge in [0.25, 0.3) is 0 Å². The summed E-state index contributed by atoms with van der Waals surface area (Å²) < 4.78 is 7.14. The second kappa shape index (κ2) is 5.07. The molecule has 5 heteroatoms. The average Bonchev–Trinajstić information content (AvgIpc) is 2.60. The minimum absolute atomic E-state index is 0.00454. The average molecular weight is 198 g/mol. The maximum Gasteiger partial charge on any atom is 0.102 e. The van der Waals surface area contributed by atoms with Crippen LogP contribution in [0, 0.1) is 0 Å². The molecular weight excluding hydrogens is 180 g/mol. The molecule has 0 fully saturated rings. The Labute approximate surface area is 84.2 Å². The van der Waals surface area contributed by atoms with E-state index in [-0.39, 0.29) is 6.10 Å². The fourth-order valence-corrected chi connectivity index (χ4v) is 1.43. The van der Waals surface area contributed by atoms with Gasteiger partial charge in [-0.3, -0.25) is 0 Å². The van der Waals surface area contributed by atoms with Crippen molar-refractivity contribution < 1.29 is 4.74 Å². The highest BCUT2D eigenvalue weighted by Gasteiger charge is 2.17. The number of aryl methyl sites for hydroxylation is 1. The summed E-state index contributed by atoms with van der Waals surface area (Å²) in [5.41, 5.74) is 7.40. The molecule has 1 aromatic rings. The number of hydrogen-bond donors (Lipinski definition) is 1. The first-order valence-corrected chi connectivity index (χ1v) is 4.89. The number of nitrogens with two attached hydrogens (primary N) is 1. The standard InChI is InChI=1S/C9H18N4O/c1-4-5-13-9(7(2)14-3)8(6-10)11-12-13/h7H,4-6,10H2,1-3H3. The highest BCUT2D eigenvalue weighted by Crippen LogP contribution is 2.18. The van der Waals surface area contributed by atoms with Crippen LogP contribution in [0.15, 0.2) is 0 Å². The van der Waals surface area contributed by atoms with Gasteiger partial charge in [0, 0.05) is 20.2 Å². The van der Waals surface area contributed by atoms with Crippen molar-refractivity contribution in [1.29, 1.82) is 0 Å². The Balaban J connectivity index is 2.99. The maximum absolute atomic E-state index is 5.58. The normalized spacial score (nSPS) is 13.1. The zero-order chi connectivity index (χ0) is 10.6. The van der Waals surface area contributed by atoms with E-state index < -0.39 is 0 Å². The minimum Gasteiger partial charge on any atom is -0.375 e. The fourth-order valence-electron chi connectivity index (χ4n) is 1.43. The van der Waals surface area contributed by atoms with Crippen molar-refractivity contribution in [3.63, 3.8) is 0 Å². The van der Waals surface area contributed by atoms with Crippen LogP contribution in [0.2, 0.25) is 0 Å². The molecule has 0 saturated carbocycles. The first-order valence-electron chi connectivity index (χ1n) is 4.89. The molecule has 80 valence electrons. The first kappa shape index (κ1) is 11.1. The Morgan fingerprint density at radius 1 is 1.57 bits per heavy atom. The number of aromatic nitrogens is 3. The first-order chi connectivity index (χ1) is 6.74. The highest BCUT2D eigenvalue weighted by molar-refractivity contribution is 5.12. The molecule has 1 heterocycles. The molecule has 14 heavy (non-hydrogen) atoms. The molecule has 0 saturated heterocycles. The van der Waals surface area contributed by atoms with Gasteiger partial charge in [-0.2, -0.15) is 0 Å². The predicted octanol–water partition coefficient (Wildman–Crippen LogP) is 0.854. The topological polar surface area (TPSA) is 66.0 Å². The molecule has 0 radical (unpaired) electrons. The van der Waals surface area contributed by atoms with Crippen molar-refractivity contribution in [2.75, 3.05) is 7.11 Å². The molecule has 5 nitrogen and oxygen atoms in total. The maximum atomic E-state index is 5.58. The van der Waals surface area contributed by atoms with Gasteiger partial charge in [0.15, 0.2) is 0 Å². The molecule has 0 aromatic carbocycles. The van der Waals surface area contributed by atoms with E-state index in [9.17, 15) is 0 Å². The predicted molar refractivity (Wildman–Crippen MR) is 53.6 cm³/mol. The lowest BCUT2D eigenvalue weighted by molar-refractivity contribution is 0.110. The Kier molecular flexibility index (Phi) is 4.03. The Hall–Kier alpha value is -0.940. The SMILES string of the molecule is CCCn1nnc(CN)c1C(C)OC. The number of nitrogens with zero attached hydrogens (tertiary/aromatic N) is 3. The van der Waals surface area contributed by atoms with E-state index in [4.69, 9.17) is 10.5 Å². The van der Waals surface area contributed by atoms with Gasteiger partial charge in [-0.15, -0.1) is 5.10 Å². The third-order valence-electron chi connectivity index (χ3n) is 2.21. The van der Waals surface area contributed by atoms with Crippen molar-refractivity contribution in [3.05, 3.63) is 11.4 Å². The number of ether oxygens (including phenoxy) is 1. The number of hydrogen-bond acceptors (Lipinski definition) is 4. The van der Waals surface area contributed by atoms with Crippen LogP contribution in [0.5, 0.6) is 0 Å². The third kappa shape index (κ3) is 2.10. The minimum atomic E-state index is -0.00454. The van der Waals surface area contributed by atoms with Gasteiger partial charge in [0.05, 0.1) is 11.8 Å². The fraction of sp³-hybridized carbons (Fsp3) is 0.778. The summed E-state index contributed by atoms with van der Waals surface area (Å²) in [6, 6.07) is 0. The summed E-state index contributed by atoms with van der Waals surface area (Å²) in [5, 5.41) is 8.08. The summed E-state index contributed by atoms with van der Waals surface area (Å²) >= 11 is 0. The van der Waals surface area contributed by atoms with Crippen LogP contribution in [0.25, 0.3) is 0 Å². The number of rotatable bonds is 5. The largest absolute Gasteiger partial charge is 0.375 e. The summed E-state index contributed by atoms with van der Waals surface area (Å²) in [7, 11) is 1.67. The van der Waals surface area contributed by atoms with Crippen LogP contribution >= 0.6 is 0 Å². The van der Waals surface area contributed by atoms with Crippen LogP contribution in [-0.4, -0.2) is 22.1 Å². The van der Waals surface area contributed by atoms with Crippen molar-refractivity contribution in [1.82, 2.24) is 15.0 Å². The molecule has 0 spiro atoms. The van der Waals surface area contributed by atoms with Crippen LogP contribution < -0.4 is 5.73 Å². The Morgan fingerprint density at radius 3 is 2.79 bits per heavy atom. The molecular formula is C9H18N4O. The molecule has 2 N–H and O–H groups in total. The quantitative estimate of drug-likeness (QED) is 0.761. The van der Waals surface area contributed by atoms with Crippen molar-refractivity contribution in [3.8, 4) is 0 Å².